The van der Waals surface area contributed by atoms with E-state index in [2.05, 4.69) is 45.8 Å². The van der Waals surface area contributed by atoms with Crippen LogP contribution >= 0.6 is 11.6 Å². The second-order valence-electron chi connectivity index (χ2n) is 6.02. The highest BCUT2D eigenvalue weighted by Crippen LogP contribution is 2.33. The summed E-state index contributed by atoms with van der Waals surface area (Å²) < 4.78 is 2.22. The van der Waals surface area contributed by atoms with Crippen molar-refractivity contribution in [2.24, 2.45) is 0 Å². The summed E-state index contributed by atoms with van der Waals surface area (Å²) in [5.74, 6) is 0. The number of aromatic amines is 1. The Labute approximate surface area is 140 Å². The lowest BCUT2D eigenvalue weighted by Crippen LogP contribution is -2.31. The molecular weight excluding hydrogens is 308 g/mol. The van der Waals surface area contributed by atoms with Crippen LogP contribution in [0.25, 0.3) is 5.69 Å². The number of nitrogens with zero attached hydrogens (tertiary/aromatic N) is 2. The summed E-state index contributed by atoms with van der Waals surface area (Å²) in [4.78, 5) is 7.79. The van der Waals surface area contributed by atoms with E-state index >= 15 is 0 Å². The second kappa shape index (κ2) is 5.55. The minimum Gasteiger partial charge on any atom is -0.348 e. The third kappa shape index (κ3) is 2.30. The van der Waals surface area contributed by atoms with Crippen LogP contribution in [0.1, 0.15) is 34.4 Å². The zero-order valence-electron chi connectivity index (χ0n) is 13.2. The zero-order chi connectivity index (χ0) is 16.0. The van der Waals surface area contributed by atoms with Gasteiger partial charge in [-0.2, -0.15) is 0 Å². The molecule has 5 heteroatoms. The van der Waals surface area contributed by atoms with Crippen molar-refractivity contribution in [1.29, 1.82) is 0 Å². The van der Waals surface area contributed by atoms with Crippen LogP contribution in [0.5, 0.6) is 0 Å². The number of imidazole rings is 1. The fraction of sp³-hybridized carbons (Fsp3) is 0.278. The van der Waals surface area contributed by atoms with E-state index < -0.39 is 0 Å². The molecule has 0 aliphatic carbocycles. The third-order valence-electron chi connectivity index (χ3n) is 4.62. The molecular formula is C18H19ClN4. The zero-order valence-corrected chi connectivity index (χ0v) is 14.0. The SMILES string of the molecule is Cc1cc([C@H]2NCCc3[nH]cnc32)c(C)n1-c1ccccc1Cl. The molecule has 2 aromatic heterocycles. The van der Waals surface area contributed by atoms with Crippen LogP contribution in [0.4, 0.5) is 0 Å². The summed E-state index contributed by atoms with van der Waals surface area (Å²) in [6.45, 7) is 5.22. The van der Waals surface area contributed by atoms with E-state index in [1.165, 1.54) is 22.6 Å². The van der Waals surface area contributed by atoms with Crippen molar-refractivity contribution in [2.45, 2.75) is 26.3 Å². The molecule has 0 saturated carbocycles. The molecule has 1 atom stereocenters. The van der Waals surface area contributed by atoms with E-state index in [4.69, 9.17) is 11.6 Å². The fourth-order valence-corrected chi connectivity index (χ4v) is 3.78. The van der Waals surface area contributed by atoms with Gasteiger partial charge in [0, 0.05) is 30.0 Å². The van der Waals surface area contributed by atoms with Gasteiger partial charge in [-0.3, -0.25) is 0 Å². The van der Waals surface area contributed by atoms with Gasteiger partial charge in [-0.05, 0) is 37.6 Å². The molecule has 1 aromatic carbocycles. The topological polar surface area (TPSA) is 45.6 Å². The summed E-state index contributed by atoms with van der Waals surface area (Å²) in [7, 11) is 0. The van der Waals surface area contributed by atoms with Gasteiger partial charge in [-0.15, -0.1) is 0 Å². The molecule has 2 N–H and O–H groups in total. The summed E-state index contributed by atoms with van der Waals surface area (Å²) >= 11 is 6.41. The maximum Gasteiger partial charge on any atom is 0.0926 e. The summed E-state index contributed by atoms with van der Waals surface area (Å²) in [6.07, 6.45) is 2.78. The average Bonchev–Trinajstić information content (AvgIpc) is 3.13. The first-order chi connectivity index (χ1) is 11.2. The molecule has 4 rings (SSSR count). The Balaban J connectivity index is 1.85. The molecule has 3 heterocycles. The molecule has 118 valence electrons. The molecule has 23 heavy (non-hydrogen) atoms. The maximum atomic E-state index is 6.41. The normalized spacial score (nSPS) is 17.3. The van der Waals surface area contributed by atoms with E-state index in [0.29, 0.717) is 0 Å². The predicted octanol–water partition coefficient (Wildman–Crippen LogP) is 3.71. The lowest BCUT2D eigenvalue weighted by atomic mass is 9.98. The maximum absolute atomic E-state index is 6.41. The van der Waals surface area contributed by atoms with Crippen molar-refractivity contribution in [3.63, 3.8) is 0 Å². The minimum absolute atomic E-state index is 0.132. The minimum atomic E-state index is 0.132. The van der Waals surface area contributed by atoms with Crippen molar-refractivity contribution in [2.75, 3.05) is 6.54 Å². The molecule has 0 unspecified atom stereocenters. The summed E-state index contributed by atoms with van der Waals surface area (Å²) in [5, 5.41) is 4.36. The smallest absolute Gasteiger partial charge is 0.0926 e. The van der Waals surface area contributed by atoms with E-state index in [-0.39, 0.29) is 6.04 Å². The number of H-pyrrole nitrogens is 1. The number of hydrogen-bond donors (Lipinski definition) is 2. The van der Waals surface area contributed by atoms with Gasteiger partial charge in [0.05, 0.1) is 28.8 Å². The number of para-hydroxylation sites is 1. The predicted molar refractivity (Wildman–Crippen MR) is 92.4 cm³/mol. The Morgan fingerprint density at radius 1 is 1.26 bits per heavy atom. The lowest BCUT2D eigenvalue weighted by molar-refractivity contribution is 0.551. The highest BCUT2D eigenvalue weighted by atomic mass is 35.5. The Hall–Kier alpha value is -2.04. The monoisotopic (exact) mass is 326 g/mol. The standard InChI is InChI=1S/C18H19ClN4/c1-11-9-13(17-18-15(7-8-20-17)21-10-22-18)12(2)23(11)16-6-4-3-5-14(16)19/h3-6,9-10,17,20H,7-8H2,1-2H3,(H,21,22)/t17-/m1/s1. The van der Waals surface area contributed by atoms with Crippen LogP contribution in [0.3, 0.4) is 0 Å². The third-order valence-corrected chi connectivity index (χ3v) is 4.94. The highest BCUT2D eigenvalue weighted by molar-refractivity contribution is 6.32. The van der Waals surface area contributed by atoms with Gasteiger partial charge in [0.2, 0.25) is 0 Å². The first-order valence-corrected chi connectivity index (χ1v) is 8.24. The van der Waals surface area contributed by atoms with Crippen LogP contribution in [0.15, 0.2) is 36.7 Å². The Morgan fingerprint density at radius 2 is 2.09 bits per heavy atom. The first kappa shape index (κ1) is 14.5. The van der Waals surface area contributed by atoms with Gasteiger partial charge in [0.15, 0.2) is 0 Å². The summed E-state index contributed by atoms with van der Waals surface area (Å²) in [6, 6.07) is 10.3. The number of aromatic nitrogens is 3. The fourth-order valence-electron chi connectivity index (χ4n) is 3.56. The van der Waals surface area contributed by atoms with Crippen LogP contribution < -0.4 is 5.32 Å². The molecule has 0 radical (unpaired) electrons. The molecule has 0 saturated heterocycles. The quantitative estimate of drug-likeness (QED) is 0.754. The van der Waals surface area contributed by atoms with Crippen LogP contribution in [-0.4, -0.2) is 21.1 Å². The van der Waals surface area contributed by atoms with Crippen molar-refractivity contribution in [3.8, 4) is 5.69 Å². The molecule has 0 fully saturated rings. The average molecular weight is 327 g/mol. The van der Waals surface area contributed by atoms with Gasteiger partial charge in [0.25, 0.3) is 0 Å². The number of rotatable bonds is 2. The van der Waals surface area contributed by atoms with Crippen LogP contribution in [-0.2, 0) is 6.42 Å². The molecule has 4 nitrogen and oxygen atoms in total. The number of halogens is 1. The Kier molecular flexibility index (Phi) is 3.51. The van der Waals surface area contributed by atoms with E-state index in [1.54, 1.807) is 6.33 Å². The van der Waals surface area contributed by atoms with Crippen molar-refractivity contribution >= 4 is 11.6 Å². The Bertz CT molecular complexity index is 862. The number of nitrogens with one attached hydrogen (secondary N) is 2. The largest absolute Gasteiger partial charge is 0.348 e. The van der Waals surface area contributed by atoms with Crippen molar-refractivity contribution in [3.05, 3.63) is 70.0 Å². The van der Waals surface area contributed by atoms with Crippen LogP contribution in [0.2, 0.25) is 5.02 Å². The molecule has 1 aliphatic heterocycles. The number of fused-ring (bicyclic) bond motifs is 1. The second-order valence-corrected chi connectivity index (χ2v) is 6.42. The van der Waals surface area contributed by atoms with Gasteiger partial charge in [0.1, 0.15) is 0 Å². The van der Waals surface area contributed by atoms with Gasteiger partial charge >= 0.3 is 0 Å². The number of benzene rings is 1. The molecule has 0 bridgehead atoms. The molecule has 0 amide bonds. The van der Waals surface area contributed by atoms with Gasteiger partial charge in [-0.1, -0.05) is 23.7 Å². The van der Waals surface area contributed by atoms with E-state index in [9.17, 15) is 0 Å². The molecule has 1 aliphatic rings. The van der Waals surface area contributed by atoms with Crippen molar-refractivity contribution < 1.29 is 0 Å². The van der Waals surface area contributed by atoms with Gasteiger partial charge < -0.3 is 14.9 Å². The van der Waals surface area contributed by atoms with E-state index in [0.717, 1.165) is 29.4 Å². The highest BCUT2D eigenvalue weighted by Gasteiger charge is 2.27. The number of hydrogen-bond acceptors (Lipinski definition) is 2. The Morgan fingerprint density at radius 3 is 2.91 bits per heavy atom. The van der Waals surface area contributed by atoms with Gasteiger partial charge in [-0.25, -0.2) is 4.98 Å². The number of aryl methyl sites for hydroxylation is 1. The summed E-state index contributed by atoms with van der Waals surface area (Å²) in [5.41, 5.74) is 7.00. The lowest BCUT2D eigenvalue weighted by Gasteiger charge is -2.23. The van der Waals surface area contributed by atoms with E-state index in [1.807, 2.05) is 18.2 Å². The van der Waals surface area contributed by atoms with Crippen molar-refractivity contribution in [1.82, 2.24) is 19.9 Å². The molecule has 3 aromatic rings. The van der Waals surface area contributed by atoms with Crippen LogP contribution in [0, 0.1) is 13.8 Å². The molecule has 0 spiro atoms. The first-order valence-electron chi connectivity index (χ1n) is 7.86.